The molecular formula is C17H24N4. The summed E-state index contributed by atoms with van der Waals surface area (Å²) in [6, 6.07) is 4.90. The van der Waals surface area contributed by atoms with Crippen molar-refractivity contribution in [2.45, 2.75) is 26.8 Å². The summed E-state index contributed by atoms with van der Waals surface area (Å²) in [4.78, 5) is 9.38. The number of rotatable bonds is 3. The molecule has 2 aromatic heterocycles. The van der Waals surface area contributed by atoms with Gasteiger partial charge in [0, 0.05) is 38.4 Å². The molecule has 4 nitrogen and oxygen atoms in total. The monoisotopic (exact) mass is 284 g/mol. The molecule has 0 bridgehead atoms. The van der Waals surface area contributed by atoms with Gasteiger partial charge in [0.25, 0.3) is 0 Å². The number of nitrogens with zero attached hydrogens (tertiary/aromatic N) is 4. The molecule has 1 atom stereocenters. The maximum absolute atomic E-state index is 4.37. The van der Waals surface area contributed by atoms with E-state index in [2.05, 4.69) is 63.5 Å². The lowest BCUT2D eigenvalue weighted by Gasteiger charge is -2.38. The number of anilines is 1. The van der Waals surface area contributed by atoms with Crippen LogP contribution in [0.15, 0.2) is 36.7 Å². The van der Waals surface area contributed by atoms with Crippen LogP contribution in [0.2, 0.25) is 0 Å². The van der Waals surface area contributed by atoms with Gasteiger partial charge in [-0.2, -0.15) is 0 Å². The molecule has 0 spiro atoms. The third-order valence-corrected chi connectivity index (χ3v) is 4.42. The Morgan fingerprint density at radius 2 is 1.95 bits per heavy atom. The van der Waals surface area contributed by atoms with E-state index in [1.165, 1.54) is 5.69 Å². The minimum absolute atomic E-state index is 0.538. The Bertz CT molecular complexity index is 635. The Labute approximate surface area is 126 Å². The van der Waals surface area contributed by atoms with Gasteiger partial charge >= 0.3 is 0 Å². The molecule has 3 heterocycles. The molecule has 112 valence electrons. The molecule has 0 saturated carbocycles. The van der Waals surface area contributed by atoms with Crippen LogP contribution in [0.3, 0.4) is 0 Å². The number of hydrogen-bond acceptors (Lipinski definition) is 3. The normalized spacial score (nSPS) is 18.7. The Kier molecular flexibility index (Phi) is 3.97. The molecule has 4 heteroatoms. The molecule has 0 aromatic carbocycles. The molecule has 1 fully saturated rings. The average molecular weight is 284 g/mol. The summed E-state index contributed by atoms with van der Waals surface area (Å²) in [7, 11) is 0. The number of piperazine rings is 1. The molecule has 21 heavy (non-hydrogen) atoms. The van der Waals surface area contributed by atoms with Gasteiger partial charge in [-0.1, -0.05) is 12.2 Å². The quantitative estimate of drug-likeness (QED) is 0.810. The zero-order chi connectivity index (χ0) is 14.8. The van der Waals surface area contributed by atoms with Gasteiger partial charge in [0.2, 0.25) is 0 Å². The highest BCUT2D eigenvalue weighted by Gasteiger charge is 2.20. The maximum Gasteiger partial charge on any atom is 0.110 e. The lowest BCUT2D eigenvalue weighted by molar-refractivity contribution is 0.227. The largest absolute Gasteiger partial charge is 0.368 e. The van der Waals surface area contributed by atoms with Crippen molar-refractivity contribution in [2.24, 2.45) is 0 Å². The zero-order valence-corrected chi connectivity index (χ0v) is 13.2. The highest BCUT2D eigenvalue weighted by Crippen LogP contribution is 2.19. The summed E-state index contributed by atoms with van der Waals surface area (Å²) in [5.41, 5.74) is 2.46. The van der Waals surface area contributed by atoms with E-state index in [1.807, 2.05) is 13.1 Å². The highest BCUT2D eigenvalue weighted by molar-refractivity contribution is 5.55. The van der Waals surface area contributed by atoms with E-state index in [1.54, 1.807) is 0 Å². The first kappa shape index (κ1) is 14.1. The van der Waals surface area contributed by atoms with Crippen molar-refractivity contribution in [3.8, 4) is 0 Å². The molecular weight excluding hydrogens is 260 g/mol. The van der Waals surface area contributed by atoms with Crippen molar-refractivity contribution in [3.63, 3.8) is 0 Å². The molecule has 0 aliphatic carbocycles. The van der Waals surface area contributed by atoms with Crippen LogP contribution < -0.4 is 4.90 Å². The van der Waals surface area contributed by atoms with Crippen molar-refractivity contribution in [2.75, 3.05) is 31.1 Å². The van der Waals surface area contributed by atoms with Gasteiger partial charge in [0.15, 0.2) is 0 Å². The van der Waals surface area contributed by atoms with E-state index < -0.39 is 0 Å². The minimum Gasteiger partial charge on any atom is -0.368 e. The fourth-order valence-corrected chi connectivity index (χ4v) is 3.08. The van der Waals surface area contributed by atoms with Crippen molar-refractivity contribution < 1.29 is 0 Å². The molecule has 2 aromatic rings. The van der Waals surface area contributed by atoms with Crippen molar-refractivity contribution in [1.29, 1.82) is 0 Å². The van der Waals surface area contributed by atoms with Gasteiger partial charge in [-0.3, -0.25) is 4.90 Å². The van der Waals surface area contributed by atoms with Gasteiger partial charge < -0.3 is 9.30 Å². The van der Waals surface area contributed by atoms with Crippen molar-refractivity contribution in [1.82, 2.24) is 14.3 Å². The number of aryl methyl sites for hydroxylation is 1. The summed E-state index contributed by atoms with van der Waals surface area (Å²) in [6.45, 7) is 10.8. The molecule has 3 rings (SSSR count). The van der Waals surface area contributed by atoms with Gasteiger partial charge in [0.05, 0.1) is 17.4 Å². The van der Waals surface area contributed by atoms with Crippen LogP contribution in [0.5, 0.6) is 0 Å². The van der Waals surface area contributed by atoms with Crippen LogP contribution in [0.25, 0.3) is 5.52 Å². The van der Waals surface area contributed by atoms with E-state index in [9.17, 15) is 0 Å². The van der Waals surface area contributed by atoms with Gasteiger partial charge in [0.1, 0.15) is 5.82 Å². The molecule has 1 aliphatic heterocycles. The van der Waals surface area contributed by atoms with Crippen LogP contribution in [0.1, 0.15) is 19.7 Å². The number of hydrogen-bond donors (Lipinski definition) is 0. The molecule has 0 radical (unpaired) electrons. The maximum atomic E-state index is 4.37. The topological polar surface area (TPSA) is 23.8 Å². The molecule has 1 unspecified atom stereocenters. The summed E-state index contributed by atoms with van der Waals surface area (Å²) in [5.74, 6) is 1.05. The highest BCUT2D eigenvalue weighted by atomic mass is 15.3. The van der Waals surface area contributed by atoms with Crippen molar-refractivity contribution in [3.05, 3.63) is 42.5 Å². The number of fused-ring (bicyclic) bond motifs is 1. The van der Waals surface area contributed by atoms with Crippen LogP contribution in [-0.2, 0) is 0 Å². The van der Waals surface area contributed by atoms with Gasteiger partial charge in [-0.25, -0.2) is 4.98 Å². The number of allylic oxidation sites excluding steroid dienone is 1. The Balaban J connectivity index is 1.72. The molecule has 0 amide bonds. The summed E-state index contributed by atoms with van der Waals surface area (Å²) in [6.07, 6.45) is 8.56. The summed E-state index contributed by atoms with van der Waals surface area (Å²) in [5, 5.41) is 0. The summed E-state index contributed by atoms with van der Waals surface area (Å²) >= 11 is 0. The van der Waals surface area contributed by atoms with Crippen LogP contribution >= 0.6 is 0 Å². The lowest BCUT2D eigenvalue weighted by atomic mass is 10.2. The van der Waals surface area contributed by atoms with E-state index in [0.717, 1.165) is 37.5 Å². The van der Waals surface area contributed by atoms with E-state index in [0.29, 0.717) is 6.04 Å². The number of aromatic nitrogens is 2. The summed E-state index contributed by atoms with van der Waals surface area (Å²) < 4.78 is 2.17. The zero-order valence-electron chi connectivity index (χ0n) is 13.2. The van der Waals surface area contributed by atoms with Crippen LogP contribution in [0, 0.1) is 6.92 Å². The van der Waals surface area contributed by atoms with E-state index in [4.69, 9.17) is 0 Å². The lowest BCUT2D eigenvalue weighted by Crippen LogP contribution is -2.49. The second-order valence-electron chi connectivity index (χ2n) is 5.78. The first-order chi connectivity index (χ1) is 10.2. The SMILES string of the molecule is CC=CC(C)N1CCN(c2ccc3cnc(C)n3c2)CC1. The Hall–Kier alpha value is -1.81. The molecule has 1 aliphatic rings. The smallest absolute Gasteiger partial charge is 0.110 e. The number of imidazole rings is 1. The van der Waals surface area contributed by atoms with Gasteiger partial charge in [-0.15, -0.1) is 0 Å². The third-order valence-electron chi connectivity index (χ3n) is 4.42. The minimum atomic E-state index is 0.538. The molecule has 0 N–H and O–H groups in total. The van der Waals surface area contributed by atoms with Crippen LogP contribution in [0.4, 0.5) is 5.69 Å². The average Bonchev–Trinajstić information content (AvgIpc) is 2.89. The predicted molar refractivity (Wildman–Crippen MR) is 88.0 cm³/mol. The first-order valence-electron chi connectivity index (χ1n) is 7.74. The van der Waals surface area contributed by atoms with Crippen LogP contribution in [-0.4, -0.2) is 46.5 Å². The molecule has 1 saturated heterocycles. The Morgan fingerprint density at radius 1 is 1.19 bits per heavy atom. The standard InChI is InChI=1S/C17H24N4/c1-4-5-14(2)19-8-10-20(11-9-19)17-7-6-16-12-18-15(3)21(16)13-17/h4-7,12-14H,8-11H2,1-3H3. The van der Waals surface area contributed by atoms with Gasteiger partial charge in [-0.05, 0) is 32.9 Å². The van der Waals surface area contributed by atoms with E-state index in [-0.39, 0.29) is 0 Å². The third kappa shape index (κ3) is 2.81. The Morgan fingerprint density at radius 3 is 2.67 bits per heavy atom. The van der Waals surface area contributed by atoms with E-state index >= 15 is 0 Å². The number of pyridine rings is 1. The second kappa shape index (κ2) is 5.90. The van der Waals surface area contributed by atoms with Crippen molar-refractivity contribution >= 4 is 11.2 Å². The first-order valence-corrected chi connectivity index (χ1v) is 7.74. The second-order valence-corrected chi connectivity index (χ2v) is 5.78. The fraction of sp³-hybridized carbons (Fsp3) is 0.471. The fourth-order valence-electron chi connectivity index (χ4n) is 3.08. The predicted octanol–water partition coefficient (Wildman–Crippen LogP) is 2.73.